The van der Waals surface area contributed by atoms with Crippen LogP contribution in [-0.4, -0.2) is 22.8 Å². The van der Waals surface area contributed by atoms with Gasteiger partial charge >= 0.3 is 5.97 Å². The highest BCUT2D eigenvalue weighted by Crippen LogP contribution is 2.15. The van der Waals surface area contributed by atoms with Crippen molar-refractivity contribution in [3.8, 4) is 0 Å². The highest BCUT2D eigenvalue weighted by atomic mass is 16.5. The van der Waals surface area contributed by atoms with Gasteiger partial charge in [0.15, 0.2) is 17.5 Å². The van der Waals surface area contributed by atoms with Crippen LogP contribution < -0.4 is 0 Å². The Morgan fingerprint density at radius 2 is 2.11 bits per heavy atom. The number of ether oxygens (including phenoxy) is 1. The van der Waals surface area contributed by atoms with Crippen molar-refractivity contribution < 1.29 is 18.7 Å². The second-order valence-corrected chi connectivity index (χ2v) is 4.04. The summed E-state index contributed by atoms with van der Waals surface area (Å²) in [7, 11) is 0. The molecule has 0 spiro atoms. The van der Waals surface area contributed by atoms with Crippen LogP contribution in [0, 0.1) is 0 Å². The summed E-state index contributed by atoms with van der Waals surface area (Å²) in [6, 6.07) is 7.28. The zero-order valence-corrected chi connectivity index (χ0v) is 10.6. The zero-order chi connectivity index (χ0) is 13.8. The fraction of sp³-hybridized carbons (Fsp3) is 0.214. The average molecular weight is 259 g/mol. The van der Waals surface area contributed by atoms with E-state index >= 15 is 0 Å². The van der Waals surface area contributed by atoms with E-state index in [1.54, 1.807) is 6.07 Å². The number of carbonyl (C=O) groups excluding carboxylic acids is 2. The molecule has 98 valence electrons. The van der Waals surface area contributed by atoms with Crippen LogP contribution in [0.3, 0.4) is 0 Å². The third kappa shape index (κ3) is 3.28. The van der Waals surface area contributed by atoms with Gasteiger partial charge in [0, 0.05) is 12.2 Å². The van der Waals surface area contributed by atoms with Crippen LogP contribution in [0.4, 0.5) is 0 Å². The van der Waals surface area contributed by atoms with Gasteiger partial charge in [-0.15, -0.1) is 0 Å². The Balaban J connectivity index is 2.05. The summed E-state index contributed by atoms with van der Waals surface area (Å²) in [5.74, 6) is -0.498. The molecule has 2 aromatic rings. The molecule has 1 aromatic carbocycles. The zero-order valence-electron chi connectivity index (χ0n) is 10.6. The second kappa shape index (κ2) is 5.48. The van der Waals surface area contributed by atoms with Crippen LogP contribution in [0.1, 0.15) is 19.7 Å². The van der Waals surface area contributed by atoms with E-state index in [-0.39, 0.29) is 5.78 Å². The molecule has 0 aliphatic carbocycles. The van der Waals surface area contributed by atoms with Gasteiger partial charge in [-0.1, -0.05) is 12.1 Å². The number of ketones is 1. The lowest BCUT2D eigenvalue weighted by Crippen LogP contribution is -2.20. The summed E-state index contributed by atoms with van der Waals surface area (Å²) in [6.45, 7) is 2.88. The van der Waals surface area contributed by atoms with Gasteiger partial charge in [-0.25, -0.2) is 9.78 Å². The van der Waals surface area contributed by atoms with Gasteiger partial charge in [0.05, 0.1) is 0 Å². The summed E-state index contributed by atoms with van der Waals surface area (Å²) in [5.41, 5.74) is 1.36. The first-order valence-corrected chi connectivity index (χ1v) is 5.81. The highest BCUT2D eigenvalue weighted by Gasteiger charge is 2.11. The Bertz CT molecular complexity index is 609. The monoisotopic (exact) mass is 259 g/mol. The molecular weight excluding hydrogens is 246 g/mol. The summed E-state index contributed by atoms with van der Waals surface area (Å²) >= 11 is 0. The molecule has 0 aliphatic rings. The molecule has 0 saturated heterocycles. The molecule has 1 atom stereocenters. The topological polar surface area (TPSA) is 69.4 Å². The summed E-state index contributed by atoms with van der Waals surface area (Å²) < 4.78 is 10.3. The maximum absolute atomic E-state index is 11.4. The number of para-hydroxylation sites is 2. The molecule has 5 heteroatoms. The van der Waals surface area contributed by atoms with Crippen molar-refractivity contribution in [3.05, 3.63) is 36.2 Å². The van der Waals surface area contributed by atoms with Gasteiger partial charge in [-0.3, -0.25) is 4.79 Å². The van der Waals surface area contributed by atoms with E-state index in [1.165, 1.54) is 26.0 Å². The molecule has 0 amide bonds. The number of Topliss-reactive ketones (excluding diaryl/α,β-unsaturated/α-hetero) is 1. The lowest BCUT2D eigenvalue weighted by atomic mass is 10.3. The van der Waals surface area contributed by atoms with Crippen LogP contribution in [0.25, 0.3) is 17.2 Å². The second-order valence-electron chi connectivity index (χ2n) is 4.04. The van der Waals surface area contributed by atoms with Gasteiger partial charge in [0.2, 0.25) is 5.89 Å². The lowest BCUT2D eigenvalue weighted by molar-refractivity contribution is -0.148. The standard InChI is InChI=1S/C14H13NO4/c1-9(16)10(2)18-14(17)8-7-13-15-11-5-3-4-6-12(11)19-13/h3-8,10H,1-2H3/b8-7+. The van der Waals surface area contributed by atoms with Gasteiger partial charge in [-0.05, 0) is 26.0 Å². The van der Waals surface area contributed by atoms with Crippen LogP contribution >= 0.6 is 0 Å². The number of benzene rings is 1. The normalized spacial score (nSPS) is 12.7. The van der Waals surface area contributed by atoms with Crippen molar-refractivity contribution >= 4 is 28.9 Å². The first-order chi connectivity index (χ1) is 9.06. The highest BCUT2D eigenvalue weighted by molar-refractivity contribution is 5.90. The molecule has 1 unspecified atom stereocenters. The number of aromatic nitrogens is 1. The van der Waals surface area contributed by atoms with Crippen molar-refractivity contribution in [2.24, 2.45) is 0 Å². The van der Waals surface area contributed by atoms with E-state index in [9.17, 15) is 9.59 Å². The van der Waals surface area contributed by atoms with E-state index in [2.05, 4.69) is 4.98 Å². The fourth-order valence-corrected chi connectivity index (χ4v) is 1.40. The third-order valence-corrected chi connectivity index (χ3v) is 2.54. The molecule has 19 heavy (non-hydrogen) atoms. The predicted octanol–water partition coefficient (Wildman–Crippen LogP) is 2.36. The molecule has 1 aromatic heterocycles. The Labute approximate surface area is 109 Å². The van der Waals surface area contributed by atoms with Crippen LogP contribution in [-0.2, 0) is 14.3 Å². The molecule has 0 aliphatic heterocycles. The number of hydrogen-bond donors (Lipinski definition) is 0. The largest absolute Gasteiger partial charge is 0.452 e. The average Bonchev–Trinajstić information content (AvgIpc) is 2.78. The number of carbonyl (C=O) groups is 2. The molecule has 1 heterocycles. The first-order valence-electron chi connectivity index (χ1n) is 5.81. The van der Waals surface area contributed by atoms with Gasteiger partial charge < -0.3 is 9.15 Å². The minimum absolute atomic E-state index is 0.205. The molecule has 0 radical (unpaired) electrons. The molecule has 0 fully saturated rings. The van der Waals surface area contributed by atoms with Crippen LogP contribution in [0.15, 0.2) is 34.8 Å². The quantitative estimate of drug-likeness (QED) is 0.622. The number of esters is 1. The number of rotatable bonds is 4. The maximum atomic E-state index is 11.4. The smallest absolute Gasteiger partial charge is 0.331 e. The lowest BCUT2D eigenvalue weighted by Gasteiger charge is -2.06. The van der Waals surface area contributed by atoms with Crippen molar-refractivity contribution in [3.63, 3.8) is 0 Å². The number of nitrogens with zero attached hydrogens (tertiary/aromatic N) is 1. The Kier molecular flexibility index (Phi) is 3.75. The minimum Gasteiger partial charge on any atom is -0.452 e. The number of hydrogen-bond acceptors (Lipinski definition) is 5. The number of fused-ring (bicyclic) bond motifs is 1. The molecule has 0 bridgehead atoms. The van der Waals surface area contributed by atoms with Crippen molar-refractivity contribution in [1.82, 2.24) is 4.98 Å². The SMILES string of the molecule is CC(=O)C(C)OC(=O)/C=C/c1nc2ccccc2o1. The van der Waals surface area contributed by atoms with E-state index in [0.29, 0.717) is 17.0 Å². The van der Waals surface area contributed by atoms with E-state index in [1.807, 2.05) is 18.2 Å². The van der Waals surface area contributed by atoms with Crippen molar-refractivity contribution in [1.29, 1.82) is 0 Å². The number of oxazole rings is 1. The fourth-order valence-electron chi connectivity index (χ4n) is 1.40. The minimum atomic E-state index is -0.749. The molecule has 2 rings (SSSR count). The molecule has 0 saturated carbocycles. The van der Waals surface area contributed by atoms with Crippen LogP contribution in [0.5, 0.6) is 0 Å². The maximum Gasteiger partial charge on any atom is 0.331 e. The molecule has 0 N–H and O–H groups in total. The van der Waals surface area contributed by atoms with Gasteiger partial charge in [-0.2, -0.15) is 0 Å². The van der Waals surface area contributed by atoms with E-state index < -0.39 is 12.1 Å². The van der Waals surface area contributed by atoms with Crippen LogP contribution in [0.2, 0.25) is 0 Å². The predicted molar refractivity (Wildman–Crippen MR) is 69.3 cm³/mol. The Hall–Kier alpha value is -2.43. The van der Waals surface area contributed by atoms with Crippen molar-refractivity contribution in [2.75, 3.05) is 0 Å². The third-order valence-electron chi connectivity index (χ3n) is 2.54. The van der Waals surface area contributed by atoms with Crippen molar-refractivity contribution in [2.45, 2.75) is 20.0 Å². The Morgan fingerprint density at radius 3 is 2.79 bits per heavy atom. The van der Waals surface area contributed by atoms with Gasteiger partial charge in [0.25, 0.3) is 0 Å². The summed E-state index contributed by atoms with van der Waals surface area (Å²) in [6.07, 6.45) is 1.85. The van der Waals surface area contributed by atoms with E-state index in [4.69, 9.17) is 9.15 Å². The molecule has 5 nitrogen and oxygen atoms in total. The molecular formula is C14H13NO4. The summed E-state index contributed by atoms with van der Waals surface area (Å²) in [5, 5.41) is 0. The Morgan fingerprint density at radius 1 is 1.37 bits per heavy atom. The summed E-state index contributed by atoms with van der Waals surface area (Å²) in [4.78, 5) is 26.5. The van der Waals surface area contributed by atoms with Gasteiger partial charge in [0.1, 0.15) is 5.52 Å². The first kappa shape index (κ1) is 13.0. The van der Waals surface area contributed by atoms with E-state index in [0.717, 1.165) is 0 Å².